The number of guanidine groups is 1. The van der Waals surface area contributed by atoms with Crippen molar-refractivity contribution in [3.8, 4) is 0 Å². The Morgan fingerprint density at radius 2 is 2.00 bits per heavy atom. The van der Waals surface area contributed by atoms with Gasteiger partial charge in [-0.3, -0.25) is 14.8 Å². The van der Waals surface area contributed by atoms with Crippen LogP contribution < -0.4 is 5.32 Å². The van der Waals surface area contributed by atoms with Crippen LogP contribution in [0.25, 0.3) is 0 Å². The Hall–Kier alpha value is -0.840. The van der Waals surface area contributed by atoms with Gasteiger partial charge in [-0.15, -0.1) is 24.0 Å². The molecule has 1 aromatic rings. The lowest BCUT2D eigenvalue weighted by molar-refractivity contribution is 0.0194. The summed E-state index contributed by atoms with van der Waals surface area (Å²) in [5, 5.41) is 3.63. The maximum atomic E-state index is 5.74. The van der Waals surface area contributed by atoms with Crippen LogP contribution >= 0.6 is 24.0 Å². The largest absolute Gasteiger partial charge is 0.468 e. The number of aliphatic imine (C=N–C) groups is 1. The first-order valence-corrected chi connectivity index (χ1v) is 10.4. The van der Waals surface area contributed by atoms with Gasteiger partial charge in [-0.25, -0.2) is 0 Å². The van der Waals surface area contributed by atoms with Crippen LogP contribution in [0.15, 0.2) is 27.8 Å². The highest BCUT2D eigenvalue weighted by Crippen LogP contribution is 2.25. The van der Waals surface area contributed by atoms with Gasteiger partial charge < -0.3 is 19.4 Å². The molecule has 28 heavy (non-hydrogen) atoms. The number of rotatable bonds is 5. The highest BCUT2D eigenvalue weighted by molar-refractivity contribution is 14.0. The Morgan fingerprint density at radius 1 is 1.21 bits per heavy atom. The van der Waals surface area contributed by atoms with Crippen molar-refractivity contribution in [1.82, 2.24) is 20.0 Å². The number of ether oxygens (including phenoxy) is 1. The number of furan rings is 1. The smallest absolute Gasteiger partial charge is 0.193 e. The van der Waals surface area contributed by atoms with Crippen molar-refractivity contribution >= 4 is 29.9 Å². The molecule has 3 aliphatic rings. The van der Waals surface area contributed by atoms with Gasteiger partial charge in [0.05, 0.1) is 25.5 Å². The van der Waals surface area contributed by atoms with Gasteiger partial charge in [0.15, 0.2) is 5.96 Å². The molecule has 4 heterocycles. The number of hydrogen-bond acceptors (Lipinski definition) is 5. The van der Waals surface area contributed by atoms with E-state index in [1.807, 2.05) is 13.1 Å². The SMILES string of the molecule is CN=C(NCC(c1ccco1)N1CCCC1)N1CCC(N2CCOCC2)C1.I. The lowest BCUT2D eigenvalue weighted by Gasteiger charge is -2.32. The molecule has 0 bridgehead atoms. The molecule has 1 N–H and O–H groups in total. The van der Waals surface area contributed by atoms with Crippen LogP contribution in [0.4, 0.5) is 0 Å². The van der Waals surface area contributed by atoms with E-state index in [4.69, 9.17) is 9.15 Å². The molecule has 2 unspecified atom stereocenters. The molecule has 7 nitrogen and oxygen atoms in total. The molecule has 0 spiro atoms. The van der Waals surface area contributed by atoms with Crippen LogP contribution in [0.3, 0.4) is 0 Å². The predicted octanol–water partition coefficient (Wildman–Crippen LogP) is 2.02. The van der Waals surface area contributed by atoms with E-state index in [1.165, 1.54) is 19.3 Å². The zero-order chi connectivity index (χ0) is 18.5. The van der Waals surface area contributed by atoms with Crippen LogP contribution in [-0.4, -0.2) is 92.8 Å². The van der Waals surface area contributed by atoms with Gasteiger partial charge in [0.1, 0.15) is 5.76 Å². The third kappa shape index (κ3) is 5.20. The second-order valence-corrected chi connectivity index (χ2v) is 7.74. The van der Waals surface area contributed by atoms with Crippen LogP contribution in [-0.2, 0) is 4.74 Å². The van der Waals surface area contributed by atoms with Crippen molar-refractivity contribution in [2.75, 3.05) is 66.1 Å². The molecule has 0 saturated carbocycles. The second kappa shape index (κ2) is 10.8. The second-order valence-electron chi connectivity index (χ2n) is 7.74. The van der Waals surface area contributed by atoms with Crippen molar-refractivity contribution in [3.63, 3.8) is 0 Å². The third-order valence-corrected chi connectivity index (χ3v) is 6.14. The predicted molar refractivity (Wildman–Crippen MR) is 121 cm³/mol. The minimum Gasteiger partial charge on any atom is -0.468 e. The summed E-state index contributed by atoms with van der Waals surface area (Å²) in [6.45, 7) is 9.09. The fourth-order valence-corrected chi connectivity index (χ4v) is 4.64. The normalized spacial score (nSPS) is 25.7. The highest BCUT2D eigenvalue weighted by Gasteiger charge is 2.31. The van der Waals surface area contributed by atoms with Gasteiger partial charge in [-0.05, 0) is 44.5 Å². The van der Waals surface area contributed by atoms with E-state index in [1.54, 1.807) is 6.26 Å². The lowest BCUT2D eigenvalue weighted by atomic mass is 10.2. The summed E-state index contributed by atoms with van der Waals surface area (Å²) in [5.74, 6) is 2.06. The Balaban J connectivity index is 0.00000225. The van der Waals surface area contributed by atoms with E-state index in [9.17, 15) is 0 Å². The molecule has 0 amide bonds. The van der Waals surface area contributed by atoms with Crippen LogP contribution in [0, 0.1) is 0 Å². The number of likely N-dealkylation sites (tertiary alicyclic amines) is 2. The number of halogens is 1. The number of hydrogen-bond donors (Lipinski definition) is 1. The van der Waals surface area contributed by atoms with Crippen molar-refractivity contribution in [2.45, 2.75) is 31.3 Å². The number of nitrogens with one attached hydrogen (secondary N) is 1. The van der Waals surface area contributed by atoms with Gasteiger partial charge in [0.25, 0.3) is 0 Å². The molecule has 2 atom stereocenters. The quantitative estimate of drug-likeness (QED) is 0.377. The maximum Gasteiger partial charge on any atom is 0.193 e. The molecular formula is C20H34IN5O2. The fourth-order valence-electron chi connectivity index (χ4n) is 4.64. The summed E-state index contributed by atoms with van der Waals surface area (Å²) in [6.07, 6.45) is 5.54. The summed E-state index contributed by atoms with van der Waals surface area (Å²) in [5.41, 5.74) is 0. The summed E-state index contributed by atoms with van der Waals surface area (Å²) in [4.78, 5) is 12.1. The number of nitrogens with zero attached hydrogens (tertiary/aromatic N) is 4. The monoisotopic (exact) mass is 503 g/mol. The van der Waals surface area contributed by atoms with Crippen molar-refractivity contribution < 1.29 is 9.15 Å². The van der Waals surface area contributed by atoms with Crippen LogP contribution in [0.5, 0.6) is 0 Å². The minimum absolute atomic E-state index is 0. The van der Waals surface area contributed by atoms with E-state index in [-0.39, 0.29) is 30.0 Å². The van der Waals surface area contributed by atoms with Gasteiger partial charge in [0.2, 0.25) is 0 Å². The maximum absolute atomic E-state index is 5.74. The Kier molecular flexibility index (Phi) is 8.43. The summed E-state index contributed by atoms with van der Waals surface area (Å²) in [6, 6.07) is 4.97. The molecular weight excluding hydrogens is 469 g/mol. The van der Waals surface area contributed by atoms with E-state index < -0.39 is 0 Å². The van der Waals surface area contributed by atoms with E-state index in [0.29, 0.717) is 6.04 Å². The van der Waals surface area contributed by atoms with E-state index in [0.717, 1.165) is 70.7 Å². The Bertz CT molecular complexity index is 600. The molecule has 3 saturated heterocycles. The first-order chi connectivity index (χ1) is 13.3. The van der Waals surface area contributed by atoms with Gasteiger partial charge >= 0.3 is 0 Å². The standard InChI is InChI=1S/C20H33N5O2.HI/c1-21-20(25-9-6-17(16-25)23-10-13-26-14-11-23)22-15-18(19-5-4-12-27-19)24-7-2-3-8-24;/h4-5,12,17-18H,2-3,6-11,13-16H2,1H3,(H,21,22);1H. The third-order valence-electron chi connectivity index (χ3n) is 6.14. The molecule has 0 aliphatic carbocycles. The molecule has 0 aromatic carbocycles. The van der Waals surface area contributed by atoms with Crippen LogP contribution in [0.1, 0.15) is 31.1 Å². The van der Waals surface area contributed by atoms with Crippen LogP contribution in [0.2, 0.25) is 0 Å². The fraction of sp³-hybridized carbons (Fsp3) is 0.750. The minimum atomic E-state index is 0. The van der Waals surface area contributed by atoms with Gasteiger partial charge in [-0.1, -0.05) is 0 Å². The molecule has 3 aliphatic heterocycles. The number of morpholine rings is 1. The average molecular weight is 503 g/mol. The topological polar surface area (TPSA) is 56.5 Å². The Labute approximate surface area is 185 Å². The van der Waals surface area contributed by atoms with Crippen molar-refractivity contribution in [2.24, 2.45) is 4.99 Å². The zero-order valence-electron chi connectivity index (χ0n) is 16.9. The molecule has 1 aromatic heterocycles. The zero-order valence-corrected chi connectivity index (χ0v) is 19.2. The molecule has 0 radical (unpaired) electrons. The van der Waals surface area contributed by atoms with Gasteiger partial charge in [0, 0.05) is 45.8 Å². The first-order valence-electron chi connectivity index (χ1n) is 10.4. The van der Waals surface area contributed by atoms with E-state index in [2.05, 4.69) is 31.1 Å². The first kappa shape index (κ1) is 21.9. The van der Waals surface area contributed by atoms with Gasteiger partial charge in [-0.2, -0.15) is 0 Å². The lowest BCUT2D eigenvalue weighted by Crippen LogP contribution is -2.47. The molecule has 8 heteroatoms. The summed E-state index contributed by atoms with van der Waals surface area (Å²) < 4.78 is 11.2. The van der Waals surface area contributed by atoms with Crippen molar-refractivity contribution in [3.05, 3.63) is 24.2 Å². The molecule has 158 valence electrons. The van der Waals surface area contributed by atoms with E-state index >= 15 is 0 Å². The Morgan fingerprint density at radius 3 is 2.68 bits per heavy atom. The average Bonchev–Trinajstić information content (AvgIpc) is 3.49. The molecule has 4 rings (SSSR count). The van der Waals surface area contributed by atoms with Crippen molar-refractivity contribution in [1.29, 1.82) is 0 Å². The highest BCUT2D eigenvalue weighted by atomic mass is 127. The molecule has 3 fully saturated rings. The summed E-state index contributed by atoms with van der Waals surface area (Å²) in [7, 11) is 1.89. The summed E-state index contributed by atoms with van der Waals surface area (Å²) >= 11 is 0.